The van der Waals surface area contributed by atoms with Crippen molar-refractivity contribution in [3.8, 4) is 5.75 Å². The number of aliphatic hydroxyl groups is 1. The minimum Gasteiger partial charge on any atom is -0.484 e. The third-order valence-electron chi connectivity index (χ3n) is 4.94. The van der Waals surface area contributed by atoms with Crippen LogP contribution >= 0.6 is 0 Å². The number of anilines is 1. The Balaban J connectivity index is 1.51. The van der Waals surface area contributed by atoms with E-state index in [9.17, 15) is 19.5 Å². The van der Waals surface area contributed by atoms with Crippen LogP contribution in [0.5, 0.6) is 5.75 Å². The summed E-state index contributed by atoms with van der Waals surface area (Å²) in [5, 5.41) is 11.9. The molecule has 3 rings (SSSR count). The van der Waals surface area contributed by atoms with Gasteiger partial charge >= 0.3 is 0 Å². The van der Waals surface area contributed by atoms with Crippen LogP contribution in [-0.2, 0) is 19.1 Å². The molecule has 0 bridgehead atoms. The molecule has 0 unspecified atom stereocenters. The highest BCUT2D eigenvalue weighted by atomic mass is 16.5. The van der Waals surface area contributed by atoms with Crippen LogP contribution in [-0.4, -0.2) is 79.8 Å². The van der Waals surface area contributed by atoms with E-state index in [-0.39, 0.29) is 37.3 Å². The second kappa shape index (κ2) is 9.71. The highest BCUT2D eigenvalue weighted by Gasteiger charge is 2.35. The molecule has 0 aromatic heterocycles. The molecule has 2 saturated heterocycles. The van der Waals surface area contributed by atoms with Crippen LogP contribution in [0.15, 0.2) is 24.3 Å². The average molecular weight is 405 g/mol. The standard InChI is InChI=1S/C20H27N3O6/c1-14(24)11-21-20(27)15-10-18(25)23(12-15)16-2-4-17(5-3-16)29-13-19(26)22-6-8-28-9-7-22/h2-5,14-15,24H,6-13H2,1H3,(H,21,27)/t14-,15-/m0/s1. The number of benzene rings is 1. The van der Waals surface area contributed by atoms with Gasteiger partial charge in [-0.15, -0.1) is 0 Å². The minimum absolute atomic E-state index is 0.0481. The highest BCUT2D eigenvalue weighted by Crippen LogP contribution is 2.27. The molecule has 3 amide bonds. The number of ether oxygens (including phenoxy) is 2. The number of morpholine rings is 1. The van der Waals surface area contributed by atoms with Crippen molar-refractivity contribution in [2.45, 2.75) is 19.4 Å². The van der Waals surface area contributed by atoms with Crippen molar-refractivity contribution in [2.24, 2.45) is 5.92 Å². The number of aliphatic hydroxyl groups excluding tert-OH is 1. The number of hydrogen-bond acceptors (Lipinski definition) is 6. The number of nitrogens with zero attached hydrogens (tertiary/aromatic N) is 2. The lowest BCUT2D eigenvalue weighted by atomic mass is 10.1. The normalized spacial score (nSPS) is 20.5. The summed E-state index contributed by atoms with van der Waals surface area (Å²) in [4.78, 5) is 39.8. The number of amides is 3. The lowest BCUT2D eigenvalue weighted by Crippen LogP contribution is -2.42. The smallest absolute Gasteiger partial charge is 0.260 e. The van der Waals surface area contributed by atoms with Crippen molar-refractivity contribution in [3.05, 3.63) is 24.3 Å². The monoisotopic (exact) mass is 405 g/mol. The van der Waals surface area contributed by atoms with Crippen molar-refractivity contribution in [2.75, 3.05) is 50.9 Å². The van der Waals surface area contributed by atoms with Gasteiger partial charge in [0.25, 0.3) is 5.91 Å². The zero-order valence-electron chi connectivity index (χ0n) is 16.5. The fourth-order valence-corrected chi connectivity index (χ4v) is 3.30. The Kier molecular flexibility index (Phi) is 7.05. The van der Waals surface area contributed by atoms with Crippen molar-refractivity contribution in [1.82, 2.24) is 10.2 Å². The third-order valence-corrected chi connectivity index (χ3v) is 4.94. The summed E-state index contributed by atoms with van der Waals surface area (Å²) in [5.41, 5.74) is 0.674. The van der Waals surface area contributed by atoms with Gasteiger partial charge in [0, 0.05) is 38.3 Å². The second-order valence-corrected chi connectivity index (χ2v) is 7.28. The van der Waals surface area contributed by atoms with Crippen molar-refractivity contribution < 1.29 is 29.0 Å². The van der Waals surface area contributed by atoms with Gasteiger partial charge in [-0.2, -0.15) is 0 Å². The first-order chi connectivity index (χ1) is 13.9. The largest absolute Gasteiger partial charge is 0.484 e. The van der Waals surface area contributed by atoms with Gasteiger partial charge in [0.05, 0.1) is 25.2 Å². The van der Waals surface area contributed by atoms with E-state index in [0.29, 0.717) is 44.3 Å². The number of carbonyl (C=O) groups excluding carboxylic acids is 3. The van der Waals surface area contributed by atoms with Crippen LogP contribution in [0.3, 0.4) is 0 Å². The van der Waals surface area contributed by atoms with Gasteiger partial charge in [0.15, 0.2) is 6.61 Å². The summed E-state index contributed by atoms with van der Waals surface area (Å²) in [7, 11) is 0. The third kappa shape index (κ3) is 5.68. The highest BCUT2D eigenvalue weighted by molar-refractivity contribution is 6.00. The summed E-state index contributed by atoms with van der Waals surface area (Å²) in [6.45, 7) is 4.23. The molecule has 0 radical (unpaired) electrons. The molecule has 2 N–H and O–H groups in total. The summed E-state index contributed by atoms with van der Waals surface area (Å²) in [5.74, 6) is -0.351. The predicted octanol–water partition coefficient (Wildman–Crippen LogP) is -0.226. The summed E-state index contributed by atoms with van der Waals surface area (Å²) < 4.78 is 10.8. The topological polar surface area (TPSA) is 108 Å². The van der Waals surface area contributed by atoms with Crippen molar-refractivity contribution in [1.29, 1.82) is 0 Å². The van der Waals surface area contributed by atoms with Crippen molar-refractivity contribution in [3.63, 3.8) is 0 Å². The molecule has 2 aliphatic heterocycles. The van der Waals surface area contributed by atoms with E-state index in [0.717, 1.165) is 0 Å². The Morgan fingerprint density at radius 1 is 1.28 bits per heavy atom. The molecule has 0 spiro atoms. The quantitative estimate of drug-likeness (QED) is 0.649. The molecule has 2 atom stereocenters. The maximum Gasteiger partial charge on any atom is 0.260 e. The molecule has 1 aromatic carbocycles. The Hall–Kier alpha value is -2.65. The Labute approximate surface area is 169 Å². The van der Waals surface area contributed by atoms with E-state index in [4.69, 9.17) is 9.47 Å². The molecule has 29 heavy (non-hydrogen) atoms. The minimum atomic E-state index is -0.630. The van der Waals surface area contributed by atoms with Gasteiger partial charge in [-0.25, -0.2) is 0 Å². The first kappa shape index (κ1) is 21.1. The predicted molar refractivity (Wildman–Crippen MR) is 104 cm³/mol. The van der Waals surface area contributed by atoms with Gasteiger partial charge in [0.2, 0.25) is 11.8 Å². The lowest BCUT2D eigenvalue weighted by Gasteiger charge is -2.26. The zero-order chi connectivity index (χ0) is 20.8. The Bertz CT molecular complexity index is 730. The first-order valence-corrected chi connectivity index (χ1v) is 9.78. The fraction of sp³-hybridized carbons (Fsp3) is 0.550. The van der Waals surface area contributed by atoms with E-state index in [1.165, 1.54) is 0 Å². The second-order valence-electron chi connectivity index (χ2n) is 7.28. The van der Waals surface area contributed by atoms with Gasteiger partial charge in [-0.05, 0) is 31.2 Å². The molecule has 2 fully saturated rings. The Morgan fingerprint density at radius 2 is 1.97 bits per heavy atom. The molecular formula is C20H27N3O6. The van der Waals surface area contributed by atoms with Crippen LogP contribution in [0.1, 0.15) is 13.3 Å². The van der Waals surface area contributed by atoms with Crippen LogP contribution < -0.4 is 15.0 Å². The van der Waals surface area contributed by atoms with Gasteiger partial charge < -0.3 is 29.7 Å². The Morgan fingerprint density at radius 3 is 2.62 bits per heavy atom. The number of rotatable bonds is 7. The van der Waals surface area contributed by atoms with Crippen LogP contribution in [0.25, 0.3) is 0 Å². The zero-order valence-corrected chi connectivity index (χ0v) is 16.5. The number of hydrogen-bond donors (Lipinski definition) is 2. The van der Waals surface area contributed by atoms with Crippen LogP contribution in [0.4, 0.5) is 5.69 Å². The summed E-state index contributed by atoms with van der Waals surface area (Å²) in [6, 6.07) is 6.89. The molecular weight excluding hydrogens is 378 g/mol. The number of nitrogens with one attached hydrogen (secondary N) is 1. The molecule has 2 heterocycles. The average Bonchev–Trinajstić information content (AvgIpc) is 3.13. The van der Waals surface area contributed by atoms with E-state index >= 15 is 0 Å². The molecule has 1 aromatic rings. The molecule has 9 nitrogen and oxygen atoms in total. The van der Waals surface area contributed by atoms with Gasteiger partial charge in [0.1, 0.15) is 5.75 Å². The van der Waals surface area contributed by atoms with Gasteiger partial charge in [-0.3, -0.25) is 14.4 Å². The van der Waals surface area contributed by atoms with E-state index in [2.05, 4.69) is 5.32 Å². The molecule has 0 saturated carbocycles. The summed E-state index contributed by atoms with van der Waals surface area (Å²) >= 11 is 0. The summed E-state index contributed by atoms with van der Waals surface area (Å²) in [6.07, 6.45) is -0.493. The molecule has 2 aliphatic rings. The van der Waals surface area contributed by atoms with E-state index in [1.807, 2.05) is 0 Å². The van der Waals surface area contributed by atoms with E-state index < -0.39 is 12.0 Å². The molecule has 9 heteroatoms. The fourth-order valence-electron chi connectivity index (χ4n) is 3.30. The van der Waals surface area contributed by atoms with E-state index in [1.54, 1.807) is 41.0 Å². The molecule has 0 aliphatic carbocycles. The SMILES string of the molecule is C[C@H](O)CNC(=O)[C@H]1CC(=O)N(c2ccc(OCC(=O)N3CCOCC3)cc2)C1. The molecule has 158 valence electrons. The van der Waals surface area contributed by atoms with Crippen LogP contribution in [0, 0.1) is 5.92 Å². The maximum absolute atomic E-state index is 12.3. The number of carbonyl (C=O) groups is 3. The maximum atomic E-state index is 12.3. The van der Waals surface area contributed by atoms with Gasteiger partial charge in [-0.1, -0.05) is 0 Å². The first-order valence-electron chi connectivity index (χ1n) is 9.78. The lowest BCUT2D eigenvalue weighted by molar-refractivity contribution is -0.137. The van der Waals surface area contributed by atoms with Crippen molar-refractivity contribution >= 4 is 23.4 Å². The van der Waals surface area contributed by atoms with Crippen LogP contribution in [0.2, 0.25) is 0 Å².